The molecule has 0 bridgehead atoms. The number of aliphatic hydroxyl groups is 1. The number of rotatable bonds is 1. The van der Waals surface area contributed by atoms with Crippen LogP contribution in [0.1, 0.15) is 32.6 Å². The van der Waals surface area contributed by atoms with E-state index in [-0.39, 0.29) is 17.9 Å². The van der Waals surface area contributed by atoms with Crippen molar-refractivity contribution in [3.63, 3.8) is 0 Å². The van der Waals surface area contributed by atoms with Gasteiger partial charge in [-0.25, -0.2) is 0 Å². The second kappa shape index (κ2) is 5.00. The minimum atomic E-state index is -0.227. The fourth-order valence-electron chi connectivity index (χ4n) is 2.61. The summed E-state index contributed by atoms with van der Waals surface area (Å²) in [5.41, 5.74) is 0. The summed E-state index contributed by atoms with van der Waals surface area (Å²) in [4.78, 5) is 14.2. The van der Waals surface area contributed by atoms with Gasteiger partial charge < -0.3 is 10.0 Å². The van der Waals surface area contributed by atoms with Crippen LogP contribution >= 0.6 is 0 Å². The SMILES string of the molecule is CC1CN(C(=O)C2CC=CCC2)CCC1O. The summed E-state index contributed by atoms with van der Waals surface area (Å²) in [5, 5.41) is 9.64. The van der Waals surface area contributed by atoms with Crippen LogP contribution in [0.2, 0.25) is 0 Å². The number of nitrogens with zero attached hydrogens (tertiary/aromatic N) is 1. The van der Waals surface area contributed by atoms with Gasteiger partial charge in [-0.2, -0.15) is 0 Å². The first-order valence-corrected chi connectivity index (χ1v) is 6.30. The summed E-state index contributed by atoms with van der Waals surface area (Å²) in [6.07, 6.45) is 7.70. The summed E-state index contributed by atoms with van der Waals surface area (Å²) in [6.45, 7) is 3.47. The Hall–Kier alpha value is -0.830. The van der Waals surface area contributed by atoms with Crippen molar-refractivity contribution in [1.29, 1.82) is 0 Å². The van der Waals surface area contributed by atoms with Gasteiger partial charge in [-0.1, -0.05) is 19.1 Å². The Morgan fingerprint density at radius 2 is 2.19 bits per heavy atom. The molecule has 0 radical (unpaired) electrons. The molecule has 1 heterocycles. The van der Waals surface area contributed by atoms with Crippen LogP contribution in [0, 0.1) is 11.8 Å². The normalized spacial score (nSPS) is 35.1. The fraction of sp³-hybridized carbons (Fsp3) is 0.769. The smallest absolute Gasteiger partial charge is 0.226 e. The molecule has 3 atom stereocenters. The van der Waals surface area contributed by atoms with Gasteiger partial charge >= 0.3 is 0 Å². The van der Waals surface area contributed by atoms with Gasteiger partial charge in [0.05, 0.1) is 6.10 Å². The maximum atomic E-state index is 12.2. The second-order valence-corrected chi connectivity index (χ2v) is 5.10. The molecular formula is C13H21NO2. The topological polar surface area (TPSA) is 40.5 Å². The van der Waals surface area contributed by atoms with Crippen molar-refractivity contribution in [2.75, 3.05) is 13.1 Å². The van der Waals surface area contributed by atoms with Crippen LogP contribution in [-0.4, -0.2) is 35.1 Å². The number of allylic oxidation sites excluding steroid dienone is 2. The largest absolute Gasteiger partial charge is 0.393 e. The highest BCUT2D eigenvalue weighted by Crippen LogP contribution is 2.24. The van der Waals surface area contributed by atoms with Crippen LogP contribution < -0.4 is 0 Å². The standard InChI is InChI=1S/C13H21NO2/c1-10-9-14(8-7-12(10)15)13(16)11-5-3-2-4-6-11/h2-3,10-12,15H,4-9H2,1H3. The van der Waals surface area contributed by atoms with E-state index >= 15 is 0 Å². The predicted molar refractivity (Wildman–Crippen MR) is 62.8 cm³/mol. The Bertz CT molecular complexity index is 288. The minimum absolute atomic E-state index is 0.187. The summed E-state index contributed by atoms with van der Waals surface area (Å²) in [5.74, 6) is 0.701. The number of likely N-dealkylation sites (tertiary alicyclic amines) is 1. The number of amides is 1. The summed E-state index contributed by atoms with van der Waals surface area (Å²) in [7, 11) is 0. The molecule has 1 aliphatic carbocycles. The Morgan fingerprint density at radius 1 is 1.38 bits per heavy atom. The van der Waals surface area contributed by atoms with Crippen molar-refractivity contribution in [3.8, 4) is 0 Å². The van der Waals surface area contributed by atoms with Crippen LogP contribution in [0.3, 0.4) is 0 Å². The highest BCUT2D eigenvalue weighted by molar-refractivity contribution is 5.79. The van der Waals surface area contributed by atoms with E-state index < -0.39 is 0 Å². The molecule has 1 N–H and O–H groups in total. The maximum absolute atomic E-state index is 12.2. The molecule has 3 nitrogen and oxygen atoms in total. The van der Waals surface area contributed by atoms with E-state index in [9.17, 15) is 9.90 Å². The van der Waals surface area contributed by atoms with E-state index in [2.05, 4.69) is 12.2 Å². The van der Waals surface area contributed by atoms with Gasteiger partial charge in [0.1, 0.15) is 0 Å². The highest BCUT2D eigenvalue weighted by Gasteiger charge is 2.30. The monoisotopic (exact) mass is 223 g/mol. The number of carbonyl (C=O) groups is 1. The van der Waals surface area contributed by atoms with Crippen LogP contribution in [0.5, 0.6) is 0 Å². The number of hydrogen-bond acceptors (Lipinski definition) is 2. The first kappa shape index (κ1) is 11.6. The molecule has 1 amide bonds. The van der Waals surface area contributed by atoms with Gasteiger partial charge in [-0.05, 0) is 31.6 Å². The number of carbonyl (C=O) groups excluding carboxylic acids is 1. The van der Waals surface area contributed by atoms with E-state index in [4.69, 9.17) is 0 Å². The first-order chi connectivity index (χ1) is 7.68. The average Bonchev–Trinajstić information content (AvgIpc) is 2.33. The van der Waals surface area contributed by atoms with Crippen LogP contribution in [0.15, 0.2) is 12.2 Å². The number of hydrogen-bond donors (Lipinski definition) is 1. The molecule has 3 heteroatoms. The Kier molecular flexibility index (Phi) is 3.64. The zero-order valence-electron chi connectivity index (χ0n) is 9.93. The van der Waals surface area contributed by atoms with Crippen molar-refractivity contribution in [1.82, 2.24) is 4.90 Å². The Balaban J connectivity index is 1.92. The highest BCUT2D eigenvalue weighted by atomic mass is 16.3. The molecule has 1 saturated heterocycles. The third-order valence-corrected chi connectivity index (χ3v) is 3.79. The second-order valence-electron chi connectivity index (χ2n) is 5.10. The molecular weight excluding hydrogens is 202 g/mol. The quantitative estimate of drug-likeness (QED) is 0.685. The van der Waals surface area contributed by atoms with Crippen molar-refractivity contribution in [3.05, 3.63) is 12.2 Å². The van der Waals surface area contributed by atoms with Gasteiger partial charge in [0.15, 0.2) is 0 Å². The first-order valence-electron chi connectivity index (χ1n) is 6.30. The average molecular weight is 223 g/mol. The van der Waals surface area contributed by atoms with Crippen molar-refractivity contribution >= 4 is 5.91 Å². The molecule has 90 valence electrons. The minimum Gasteiger partial charge on any atom is -0.393 e. The molecule has 2 aliphatic rings. The van der Waals surface area contributed by atoms with Gasteiger partial charge in [0, 0.05) is 19.0 Å². The maximum Gasteiger partial charge on any atom is 0.226 e. The van der Waals surface area contributed by atoms with Crippen LogP contribution in [-0.2, 0) is 4.79 Å². The molecule has 2 rings (SSSR count). The third-order valence-electron chi connectivity index (χ3n) is 3.79. The van der Waals surface area contributed by atoms with Crippen LogP contribution in [0.4, 0.5) is 0 Å². The predicted octanol–water partition coefficient (Wildman–Crippen LogP) is 1.57. The zero-order chi connectivity index (χ0) is 11.5. The van der Waals surface area contributed by atoms with Crippen molar-refractivity contribution in [2.24, 2.45) is 11.8 Å². The zero-order valence-corrected chi connectivity index (χ0v) is 9.93. The Morgan fingerprint density at radius 3 is 2.81 bits per heavy atom. The van der Waals surface area contributed by atoms with Gasteiger partial charge in [-0.15, -0.1) is 0 Å². The molecule has 1 aliphatic heterocycles. The number of aliphatic hydroxyl groups excluding tert-OH is 1. The lowest BCUT2D eigenvalue weighted by Gasteiger charge is -2.36. The van der Waals surface area contributed by atoms with E-state index in [0.29, 0.717) is 5.91 Å². The lowest BCUT2D eigenvalue weighted by atomic mass is 9.90. The molecule has 0 aromatic rings. The Labute approximate surface area is 97.1 Å². The van der Waals surface area contributed by atoms with Gasteiger partial charge in [0.25, 0.3) is 0 Å². The fourth-order valence-corrected chi connectivity index (χ4v) is 2.61. The van der Waals surface area contributed by atoms with Crippen LogP contribution in [0.25, 0.3) is 0 Å². The molecule has 0 spiro atoms. The third kappa shape index (κ3) is 2.46. The van der Waals surface area contributed by atoms with E-state index in [1.807, 2.05) is 11.8 Å². The van der Waals surface area contributed by atoms with E-state index in [0.717, 1.165) is 38.8 Å². The summed E-state index contributed by atoms with van der Waals surface area (Å²) >= 11 is 0. The van der Waals surface area contributed by atoms with Gasteiger partial charge in [-0.3, -0.25) is 4.79 Å². The molecule has 0 aromatic carbocycles. The van der Waals surface area contributed by atoms with Crippen molar-refractivity contribution < 1.29 is 9.90 Å². The summed E-state index contributed by atoms with van der Waals surface area (Å²) < 4.78 is 0. The molecule has 1 fully saturated rings. The van der Waals surface area contributed by atoms with Gasteiger partial charge in [0.2, 0.25) is 5.91 Å². The summed E-state index contributed by atoms with van der Waals surface area (Å²) in [6, 6.07) is 0. The molecule has 0 aromatic heterocycles. The van der Waals surface area contributed by atoms with Crippen molar-refractivity contribution in [2.45, 2.75) is 38.7 Å². The lowest BCUT2D eigenvalue weighted by molar-refractivity contribution is -0.139. The molecule has 16 heavy (non-hydrogen) atoms. The lowest BCUT2D eigenvalue weighted by Crippen LogP contribution is -2.47. The number of piperidine rings is 1. The molecule has 3 unspecified atom stereocenters. The van der Waals surface area contributed by atoms with E-state index in [1.54, 1.807) is 0 Å². The molecule has 0 saturated carbocycles. The van der Waals surface area contributed by atoms with E-state index in [1.165, 1.54) is 0 Å².